The predicted octanol–water partition coefficient (Wildman–Crippen LogP) is 6.04. The summed E-state index contributed by atoms with van der Waals surface area (Å²) in [6, 6.07) is 17.9. The zero-order valence-electron chi connectivity index (χ0n) is 24.9. The standard InChI is InChI=1S/C34H36O10/c1-4-32(36)42-22-8-7-21-41-28-13-9-26(10-14-28)33(37)43-30-17-18-31(24(2)23-30)44-34(38)27-11-15-29(16-12-27)40-20-6-5-19-39-25(3)35/h4,9-18,23H,1,5-8,19-22H2,2-3H3. The lowest BCUT2D eigenvalue weighted by Crippen LogP contribution is -2.11. The van der Waals surface area contributed by atoms with Gasteiger partial charge in [-0.25, -0.2) is 14.4 Å². The molecular weight excluding hydrogens is 568 g/mol. The molecule has 0 aromatic heterocycles. The van der Waals surface area contributed by atoms with Crippen LogP contribution in [0, 0.1) is 6.92 Å². The molecule has 0 saturated heterocycles. The molecule has 3 rings (SSSR count). The fourth-order valence-corrected chi connectivity index (χ4v) is 3.74. The van der Waals surface area contributed by atoms with Crippen LogP contribution in [0.2, 0.25) is 0 Å². The second-order valence-electron chi connectivity index (χ2n) is 9.58. The van der Waals surface area contributed by atoms with Crippen molar-refractivity contribution in [3.05, 3.63) is 96.1 Å². The molecule has 10 heteroatoms. The van der Waals surface area contributed by atoms with Crippen molar-refractivity contribution < 1.29 is 47.6 Å². The lowest BCUT2D eigenvalue weighted by Gasteiger charge is -2.11. The molecule has 0 atom stereocenters. The Hall–Kier alpha value is -5.12. The Labute approximate surface area is 256 Å². The second kappa shape index (κ2) is 17.7. The summed E-state index contributed by atoms with van der Waals surface area (Å²) < 4.78 is 32.1. The highest BCUT2D eigenvalue weighted by atomic mass is 16.5. The van der Waals surface area contributed by atoms with Gasteiger partial charge in [0.15, 0.2) is 0 Å². The largest absolute Gasteiger partial charge is 0.494 e. The first-order valence-electron chi connectivity index (χ1n) is 14.2. The Bertz CT molecular complexity index is 1410. The topological polar surface area (TPSA) is 124 Å². The zero-order chi connectivity index (χ0) is 31.7. The maximum Gasteiger partial charge on any atom is 0.343 e. The maximum absolute atomic E-state index is 12.7. The molecule has 0 aliphatic rings. The molecule has 0 spiro atoms. The van der Waals surface area contributed by atoms with Gasteiger partial charge in [-0.05, 0) is 105 Å². The SMILES string of the molecule is C=CC(=O)OCCCCOc1ccc(C(=O)Oc2ccc(OC(=O)c3ccc(OCCCCOC(C)=O)cc3)c(C)c2)cc1. The number of unbranched alkanes of at least 4 members (excludes halogenated alkanes) is 2. The molecule has 3 aromatic rings. The number of ether oxygens (including phenoxy) is 6. The molecule has 0 heterocycles. The maximum atomic E-state index is 12.7. The third-order valence-electron chi connectivity index (χ3n) is 6.07. The van der Waals surface area contributed by atoms with Crippen molar-refractivity contribution in [2.45, 2.75) is 39.5 Å². The van der Waals surface area contributed by atoms with Crippen molar-refractivity contribution in [3.8, 4) is 23.0 Å². The second-order valence-corrected chi connectivity index (χ2v) is 9.58. The molecular formula is C34H36O10. The van der Waals surface area contributed by atoms with Crippen molar-refractivity contribution in [1.82, 2.24) is 0 Å². The van der Waals surface area contributed by atoms with Gasteiger partial charge in [0.2, 0.25) is 0 Å². The quantitative estimate of drug-likeness (QED) is 0.0779. The van der Waals surface area contributed by atoms with Crippen molar-refractivity contribution in [1.29, 1.82) is 0 Å². The molecule has 0 N–H and O–H groups in total. The van der Waals surface area contributed by atoms with E-state index < -0.39 is 17.9 Å². The van der Waals surface area contributed by atoms with E-state index in [1.807, 2.05) is 0 Å². The fourth-order valence-electron chi connectivity index (χ4n) is 3.74. The summed E-state index contributed by atoms with van der Waals surface area (Å²) >= 11 is 0. The van der Waals surface area contributed by atoms with Gasteiger partial charge in [-0.1, -0.05) is 6.58 Å². The number of aryl methyl sites for hydroxylation is 1. The summed E-state index contributed by atoms with van der Waals surface area (Å²) in [5.41, 5.74) is 1.31. The minimum atomic E-state index is -0.545. The number of hydrogen-bond donors (Lipinski definition) is 0. The lowest BCUT2D eigenvalue weighted by molar-refractivity contribution is -0.141. The Kier molecular flexibility index (Phi) is 13.5. The van der Waals surface area contributed by atoms with Crippen molar-refractivity contribution in [2.24, 2.45) is 0 Å². The van der Waals surface area contributed by atoms with Gasteiger partial charge in [0.1, 0.15) is 23.0 Å². The first-order chi connectivity index (χ1) is 21.2. The van der Waals surface area contributed by atoms with E-state index in [0.29, 0.717) is 85.4 Å². The van der Waals surface area contributed by atoms with Gasteiger partial charge < -0.3 is 28.4 Å². The normalized spacial score (nSPS) is 10.3. The minimum absolute atomic E-state index is 0.301. The summed E-state index contributed by atoms with van der Waals surface area (Å²) in [6.45, 7) is 8.01. The van der Waals surface area contributed by atoms with E-state index in [1.54, 1.807) is 73.7 Å². The highest BCUT2D eigenvalue weighted by Crippen LogP contribution is 2.26. The van der Waals surface area contributed by atoms with Gasteiger partial charge in [-0.15, -0.1) is 0 Å². The summed E-state index contributed by atoms with van der Waals surface area (Å²) in [5.74, 6) is 0.0174. The Balaban J connectivity index is 1.42. The van der Waals surface area contributed by atoms with Crippen LogP contribution < -0.4 is 18.9 Å². The zero-order valence-corrected chi connectivity index (χ0v) is 24.9. The number of carbonyl (C=O) groups is 4. The van der Waals surface area contributed by atoms with Gasteiger partial charge in [-0.3, -0.25) is 4.79 Å². The summed E-state index contributed by atoms with van der Waals surface area (Å²) in [7, 11) is 0. The number of esters is 4. The van der Waals surface area contributed by atoms with E-state index in [2.05, 4.69) is 6.58 Å². The molecule has 0 radical (unpaired) electrons. The summed E-state index contributed by atoms with van der Waals surface area (Å²) in [6.07, 6.45) is 3.90. The smallest absolute Gasteiger partial charge is 0.343 e. The first-order valence-corrected chi connectivity index (χ1v) is 14.2. The first kappa shape index (κ1) is 33.4. The molecule has 232 valence electrons. The predicted molar refractivity (Wildman–Crippen MR) is 161 cm³/mol. The molecule has 0 amide bonds. The molecule has 10 nitrogen and oxygen atoms in total. The van der Waals surface area contributed by atoms with Crippen LogP contribution in [0.1, 0.15) is 58.9 Å². The van der Waals surface area contributed by atoms with E-state index in [0.717, 1.165) is 12.5 Å². The van der Waals surface area contributed by atoms with Gasteiger partial charge in [0.05, 0.1) is 37.6 Å². The van der Waals surface area contributed by atoms with Crippen molar-refractivity contribution in [3.63, 3.8) is 0 Å². The lowest BCUT2D eigenvalue weighted by atomic mass is 10.2. The Morgan fingerprint density at radius 2 is 1.11 bits per heavy atom. The third kappa shape index (κ3) is 11.6. The van der Waals surface area contributed by atoms with Crippen molar-refractivity contribution >= 4 is 23.9 Å². The average Bonchev–Trinajstić information content (AvgIpc) is 3.02. The highest BCUT2D eigenvalue weighted by molar-refractivity contribution is 5.92. The van der Waals surface area contributed by atoms with E-state index in [9.17, 15) is 19.2 Å². The number of benzene rings is 3. The van der Waals surface area contributed by atoms with E-state index in [1.165, 1.54) is 6.92 Å². The van der Waals surface area contributed by atoms with E-state index in [-0.39, 0.29) is 5.97 Å². The Morgan fingerprint density at radius 1 is 0.636 bits per heavy atom. The minimum Gasteiger partial charge on any atom is -0.494 e. The van der Waals surface area contributed by atoms with Crippen LogP contribution in [0.15, 0.2) is 79.4 Å². The molecule has 0 unspecified atom stereocenters. The van der Waals surface area contributed by atoms with Gasteiger partial charge in [-0.2, -0.15) is 0 Å². The van der Waals surface area contributed by atoms with Crippen LogP contribution in [-0.2, 0) is 19.1 Å². The van der Waals surface area contributed by atoms with Gasteiger partial charge in [0, 0.05) is 13.0 Å². The van der Waals surface area contributed by atoms with Crippen LogP contribution in [0.5, 0.6) is 23.0 Å². The number of hydrogen-bond acceptors (Lipinski definition) is 10. The molecule has 0 aliphatic carbocycles. The molecule has 3 aromatic carbocycles. The molecule has 0 bridgehead atoms. The number of rotatable bonds is 17. The van der Waals surface area contributed by atoms with E-state index >= 15 is 0 Å². The molecule has 0 fully saturated rings. The van der Waals surface area contributed by atoms with Crippen LogP contribution in [0.3, 0.4) is 0 Å². The number of carbonyl (C=O) groups excluding carboxylic acids is 4. The average molecular weight is 605 g/mol. The highest BCUT2D eigenvalue weighted by Gasteiger charge is 2.14. The van der Waals surface area contributed by atoms with Crippen molar-refractivity contribution in [2.75, 3.05) is 26.4 Å². The van der Waals surface area contributed by atoms with Crippen LogP contribution in [0.25, 0.3) is 0 Å². The van der Waals surface area contributed by atoms with Crippen LogP contribution in [-0.4, -0.2) is 50.3 Å². The van der Waals surface area contributed by atoms with Gasteiger partial charge >= 0.3 is 23.9 Å². The summed E-state index contributed by atoms with van der Waals surface area (Å²) in [4.78, 5) is 47.1. The monoisotopic (exact) mass is 604 g/mol. The fraction of sp³-hybridized carbons (Fsp3) is 0.294. The molecule has 0 saturated carbocycles. The molecule has 0 aliphatic heterocycles. The van der Waals surface area contributed by atoms with Gasteiger partial charge in [0.25, 0.3) is 0 Å². The van der Waals surface area contributed by atoms with Crippen LogP contribution >= 0.6 is 0 Å². The Morgan fingerprint density at radius 3 is 1.61 bits per heavy atom. The van der Waals surface area contributed by atoms with Crippen LogP contribution in [0.4, 0.5) is 0 Å². The van der Waals surface area contributed by atoms with E-state index in [4.69, 9.17) is 28.4 Å². The summed E-state index contributed by atoms with van der Waals surface area (Å²) in [5, 5.41) is 0. The third-order valence-corrected chi connectivity index (χ3v) is 6.07. The molecule has 44 heavy (non-hydrogen) atoms.